The molecule has 2 aliphatic rings. The van der Waals surface area contributed by atoms with E-state index in [2.05, 4.69) is 5.32 Å². The molecule has 3 rings (SSSR count). The van der Waals surface area contributed by atoms with E-state index in [0.717, 1.165) is 44.5 Å². The molecule has 126 valence electrons. The van der Waals surface area contributed by atoms with Crippen LogP contribution in [0.4, 0.5) is 4.79 Å². The van der Waals surface area contributed by atoms with E-state index in [4.69, 9.17) is 9.47 Å². The van der Waals surface area contributed by atoms with Crippen LogP contribution in [-0.4, -0.2) is 50.4 Å². The van der Waals surface area contributed by atoms with Crippen LogP contribution in [0.1, 0.15) is 24.8 Å². The first-order valence-corrected chi connectivity index (χ1v) is 8.39. The number of likely N-dealkylation sites (tertiary alicyclic amines) is 1. The number of methoxy groups -OCH3 is 1. The lowest BCUT2D eigenvalue weighted by atomic mass is 9.77. The molecule has 5 heteroatoms. The summed E-state index contributed by atoms with van der Waals surface area (Å²) in [5, 5.41) is 3.41. The quantitative estimate of drug-likeness (QED) is 0.926. The smallest absolute Gasteiger partial charge is 0.410 e. The highest BCUT2D eigenvalue weighted by molar-refractivity contribution is 5.68. The topological polar surface area (TPSA) is 50.8 Å². The zero-order valence-electron chi connectivity index (χ0n) is 13.8. The van der Waals surface area contributed by atoms with Crippen LogP contribution in [0.3, 0.4) is 0 Å². The molecule has 1 aromatic rings. The molecule has 0 saturated carbocycles. The molecule has 0 aliphatic carbocycles. The predicted octanol–water partition coefficient (Wildman–Crippen LogP) is 2.41. The van der Waals surface area contributed by atoms with Crippen molar-refractivity contribution in [3.05, 3.63) is 35.9 Å². The van der Waals surface area contributed by atoms with Crippen molar-refractivity contribution in [1.82, 2.24) is 10.2 Å². The third kappa shape index (κ3) is 3.85. The Morgan fingerprint density at radius 3 is 2.74 bits per heavy atom. The minimum atomic E-state index is -0.216. The molecule has 1 atom stereocenters. The molecule has 1 aromatic carbocycles. The Morgan fingerprint density at radius 2 is 2.04 bits per heavy atom. The van der Waals surface area contributed by atoms with E-state index in [1.807, 2.05) is 35.2 Å². The summed E-state index contributed by atoms with van der Waals surface area (Å²) in [6, 6.07) is 9.94. The van der Waals surface area contributed by atoms with Crippen molar-refractivity contribution in [3.8, 4) is 0 Å². The van der Waals surface area contributed by atoms with E-state index in [0.29, 0.717) is 13.2 Å². The molecule has 1 unspecified atom stereocenters. The maximum atomic E-state index is 12.6. The number of hydrogen-bond acceptors (Lipinski definition) is 4. The van der Waals surface area contributed by atoms with Crippen LogP contribution in [-0.2, 0) is 16.1 Å². The van der Waals surface area contributed by atoms with Crippen LogP contribution >= 0.6 is 0 Å². The van der Waals surface area contributed by atoms with Gasteiger partial charge in [-0.15, -0.1) is 0 Å². The molecule has 1 N–H and O–H groups in total. The van der Waals surface area contributed by atoms with Gasteiger partial charge in [0.25, 0.3) is 0 Å². The first kappa shape index (κ1) is 16.3. The van der Waals surface area contributed by atoms with E-state index in [9.17, 15) is 4.79 Å². The average molecular weight is 318 g/mol. The molecular formula is C18H26N2O3. The number of piperidine rings is 1. The lowest BCUT2D eigenvalue weighted by Gasteiger charge is -2.33. The van der Waals surface area contributed by atoms with Crippen molar-refractivity contribution >= 4 is 6.09 Å². The molecule has 0 bridgehead atoms. The first-order valence-electron chi connectivity index (χ1n) is 8.39. The first-order chi connectivity index (χ1) is 11.2. The summed E-state index contributed by atoms with van der Waals surface area (Å²) in [6.07, 6.45) is 3.04. The molecule has 0 radical (unpaired) electrons. The highest BCUT2D eigenvalue weighted by atomic mass is 16.6. The average Bonchev–Trinajstić information content (AvgIpc) is 2.92. The molecule has 2 aliphatic heterocycles. The fraction of sp³-hybridized carbons (Fsp3) is 0.611. The van der Waals surface area contributed by atoms with Crippen molar-refractivity contribution in [2.45, 2.75) is 31.9 Å². The highest BCUT2D eigenvalue weighted by Crippen LogP contribution is 2.42. The minimum absolute atomic E-state index is 0.126. The van der Waals surface area contributed by atoms with Crippen molar-refractivity contribution in [3.63, 3.8) is 0 Å². The van der Waals surface area contributed by atoms with Gasteiger partial charge in [0.15, 0.2) is 0 Å². The van der Waals surface area contributed by atoms with E-state index in [1.54, 1.807) is 7.11 Å². The Bertz CT molecular complexity index is 514. The SMILES string of the molecule is COCC1CC2(CCNCC2)CN1C(=O)OCc1ccccc1. The summed E-state index contributed by atoms with van der Waals surface area (Å²) in [7, 11) is 1.70. The van der Waals surface area contributed by atoms with Crippen LogP contribution in [0.25, 0.3) is 0 Å². The molecule has 2 saturated heterocycles. The summed E-state index contributed by atoms with van der Waals surface area (Å²) < 4.78 is 10.9. The number of benzene rings is 1. The Kier molecular flexibility index (Phi) is 5.18. The minimum Gasteiger partial charge on any atom is -0.445 e. The normalized spacial score (nSPS) is 23.2. The van der Waals surface area contributed by atoms with Gasteiger partial charge in [-0.05, 0) is 43.3 Å². The van der Waals surface area contributed by atoms with Gasteiger partial charge in [0.05, 0.1) is 12.6 Å². The molecule has 5 nitrogen and oxygen atoms in total. The third-order valence-electron chi connectivity index (χ3n) is 5.08. The van der Waals surface area contributed by atoms with E-state index < -0.39 is 0 Å². The maximum Gasteiger partial charge on any atom is 0.410 e. The van der Waals surface area contributed by atoms with Crippen molar-refractivity contribution in [2.75, 3.05) is 33.4 Å². The number of rotatable bonds is 4. The van der Waals surface area contributed by atoms with Crippen LogP contribution < -0.4 is 5.32 Å². The summed E-state index contributed by atoms with van der Waals surface area (Å²) in [4.78, 5) is 14.4. The van der Waals surface area contributed by atoms with Gasteiger partial charge in [-0.25, -0.2) is 4.79 Å². The standard InChI is InChI=1S/C18H26N2O3/c1-22-13-16-11-18(7-9-19-10-8-18)14-20(16)17(21)23-12-15-5-3-2-4-6-15/h2-6,16,19H,7-14H2,1H3. The Hall–Kier alpha value is -1.59. The highest BCUT2D eigenvalue weighted by Gasteiger charge is 2.46. The van der Waals surface area contributed by atoms with Crippen molar-refractivity contribution < 1.29 is 14.3 Å². The van der Waals surface area contributed by atoms with Gasteiger partial charge in [0.1, 0.15) is 6.61 Å². The summed E-state index contributed by atoms with van der Waals surface area (Å²) in [6.45, 7) is 3.76. The Morgan fingerprint density at radius 1 is 1.30 bits per heavy atom. The lowest BCUT2D eigenvalue weighted by molar-refractivity contribution is 0.0687. The summed E-state index contributed by atoms with van der Waals surface area (Å²) in [5.41, 5.74) is 1.25. The Balaban J connectivity index is 1.62. The molecule has 23 heavy (non-hydrogen) atoms. The molecule has 2 fully saturated rings. The largest absolute Gasteiger partial charge is 0.445 e. The van der Waals surface area contributed by atoms with E-state index in [-0.39, 0.29) is 17.6 Å². The lowest BCUT2D eigenvalue weighted by Crippen LogP contribution is -2.41. The second-order valence-corrected chi connectivity index (χ2v) is 6.73. The van der Waals surface area contributed by atoms with E-state index >= 15 is 0 Å². The molecular weight excluding hydrogens is 292 g/mol. The number of carbonyl (C=O) groups excluding carboxylic acids is 1. The predicted molar refractivity (Wildman–Crippen MR) is 88.2 cm³/mol. The van der Waals surface area contributed by atoms with Gasteiger partial charge in [-0.1, -0.05) is 30.3 Å². The van der Waals surface area contributed by atoms with Crippen LogP contribution in [0.15, 0.2) is 30.3 Å². The van der Waals surface area contributed by atoms with Crippen molar-refractivity contribution in [1.29, 1.82) is 0 Å². The van der Waals surface area contributed by atoms with Gasteiger partial charge in [-0.3, -0.25) is 0 Å². The van der Waals surface area contributed by atoms with Gasteiger partial charge < -0.3 is 19.7 Å². The second-order valence-electron chi connectivity index (χ2n) is 6.73. The van der Waals surface area contributed by atoms with Crippen LogP contribution in [0.2, 0.25) is 0 Å². The van der Waals surface area contributed by atoms with E-state index in [1.165, 1.54) is 0 Å². The van der Waals surface area contributed by atoms with Gasteiger partial charge in [-0.2, -0.15) is 0 Å². The van der Waals surface area contributed by atoms with Crippen LogP contribution in [0, 0.1) is 5.41 Å². The molecule has 1 amide bonds. The number of nitrogens with one attached hydrogen (secondary N) is 1. The summed E-state index contributed by atoms with van der Waals surface area (Å²) >= 11 is 0. The van der Waals surface area contributed by atoms with Gasteiger partial charge in [0, 0.05) is 13.7 Å². The Labute approximate surface area is 137 Å². The maximum absolute atomic E-state index is 12.6. The van der Waals surface area contributed by atoms with Gasteiger partial charge >= 0.3 is 6.09 Å². The number of hydrogen-bond donors (Lipinski definition) is 1. The number of nitrogens with zero attached hydrogens (tertiary/aromatic N) is 1. The van der Waals surface area contributed by atoms with Crippen LogP contribution in [0.5, 0.6) is 0 Å². The fourth-order valence-electron chi connectivity index (χ4n) is 3.84. The summed E-state index contributed by atoms with van der Waals surface area (Å²) in [5.74, 6) is 0. The second kappa shape index (κ2) is 7.32. The molecule has 1 spiro atoms. The third-order valence-corrected chi connectivity index (χ3v) is 5.08. The monoisotopic (exact) mass is 318 g/mol. The zero-order valence-corrected chi connectivity index (χ0v) is 13.8. The molecule has 2 heterocycles. The molecule has 0 aromatic heterocycles. The van der Waals surface area contributed by atoms with Crippen molar-refractivity contribution in [2.24, 2.45) is 5.41 Å². The van der Waals surface area contributed by atoms with Gasteiger partial charge in [0.2, 0.25) is 0 Å². The zero-order chi connectivity index (χ0) is 16.1. The number of ether oxygens (including phenoxy) is 2. The number of carbonyl (C=O) groups is 1. The number of amides is 1. The fourth-order valence-corrected chi connectivity index (χ4v) is 3.84.